The highest BCUT2D eigenvalue weighted by Gasteiger charge is 2.22. The summed E-state index contributed by atoms with van der Waals surface area (Å²) >= 11 is 3.33. The molecule has 0 N–H and O–H groups in total. The second kappa shape index (κ2) is 7.77. The van der Waals surface area contributed by atoms with Crippen LogP contribution < -0.4 is 0 Å². The molecule has 0 aliphatic heterocycles. The normalized spacial score (nSPS) is 10.2. The third kappa shape index (κ3) is 4.10. The monoisotopic (exact) mass is 379 g/mol. The molecule has 0 aliphatic rings. The summed E-state index contributed by atoms with van der Waals surface area (Å²) < 4.78 is 10.7. The van der Waals surface area contributed by atoms with Crippen LogP contribution in [0, 0.1) is 0 Å². The number of carbonyl (C=O) groups excluding carboxylic acids is 2. The predicted molar refractivity (Wildman–Crippen MR) is 84.9 cm³/mol. The van der Waals surface area contributed by atoms with E-state index in [2.05, 4.69) is 31.1 Å². The molecule has 0 bridgehead atoms. The lowest BCUT2D eigenvalue weighted by molar-refractivity contribution is 0.0492. The van der Waals surface area contributed by atoms with Gasteiger partial charge in [-0.15, -0.1) is 10.2 Å². The SMILES string of the molecule is CCOC(=O)c1nnc(C(=O)OCC)c(-c2ccc(Br)cc2)n1. The highest BCUT2D eigenvalue weighted by molar-refractivity contribution is 9.10. The van der Waals surface area contributed by atoms with Crippen LogP contribution in [0.3, 0.4) is 0 Å². The fourth-order valence-electron chi connectivity index (χ4n) is 1.75. The van der Waals surface area contributed by atoms with E-state index in [1.54, 1.807) is 38.1 Å². The van der Waals surface area contributed by atoms with Gasteiger partial charge in [0.2, 0.25) is 0 Å². The standard InChI is InChI=1S/C15H14BrN3O4/c1-3-22-14(20)12-11(9-5-7-10(16)8-6-9)17-13(19-18-12)15(21)23-4-2/h5-8H,3-4H2,1-2H3. The Morgan fingerprint density at radius 2 is 1.61 bits per heavy atom. The van der Waals surface area contributed by atoms with E-state index in [1.165, 1.54) is 0 Å². The van der Waals surface area contributed by atoms with Crippen LogP contribution >= 0.6 is 15.9 Å². The minimum Gasteiger partial charge on any atom is -0.461 e. The Bertz CT molecular complexity index is 719. The molecule has 1 aromatic heterocycles. The number of halogens is 1. The molecule has 0 unspecified atom stereocenters. The molecule has 0 atom stereocenters. The first-order chi connectivity index (χ1) is 11.1. The van der Waals surface area contributed by atoms with Crippen molar-refractivity contribution in [2.45, 2.75) is 13.8 Å². The molecule has 0 fully saturated rings. The van der Waals surface area contributed by atoms with Crippen LogP contribution in [0.4, 0.5) is 0 Å². The van der Waals surface area contributed by atoms with Crippen LogP contribution in [0.5, 0.6) is 0 Å². The third-order valence-electron chi connectivity index (χ3n) is 2.73. The summed E-state index contributed by atoms with van der Waals surface area (Å²) in [5.41, 5.74) is 0.771. The number of hydrogen-bond donors (Lipinski definition) is 0. The maximum absolute atomic E-state index is 12.0. The quantitative estimate of drug-likeness (QED) is 0.737. The lowest BCUT2D eigenvalue weighted by Gasteiger charge is -2.08. The zero-order valence-electron chi connectivity index (χ0n) is 12.6. The number of aromatic nitrogens is 3. The summed E-state index contributed by atoms with van der Waals surface area (Å²) in [6.07, 6.45) is 0. The second-order valence-corrected chi connectivity index (χ2v) is 5.20. The molecule has 2 aromatic rings. The first kappa shape index (κ1) is 17.0. The fraction of sp³-hybridized carbons (Fsp3) is 0.267. The maximum Gasteiger partial charge on any atom is 0.378 e. The summed E-state index contributed by atoms with van der Waals surface area (Å²) in [6, 6.07) is 7.06. The Morgan fingerprint density at radius 1 is 1.00 bits per heavy atom. The molecule has 0 saturated heterocycles. The van der Waals surface area contributed by atoms with Crippen LogP contribution in [0.1, 0.15) is 35.0 Å². The van der Waals surface area contributed by atoms with Crippen molar-refractivity contribution in [2.24, 2.45) is 0 Å². The van der Waals surface area contributed by atoms with E-state index in [-0.39, 0.29) is 30.4 Å². The lowest BCUT2D eigenvalue weighted by Crippen LogP contribution is -2.17. The predicted octanol–water partition coefficient (Wildman–Crippen LogP) is 2.65. The Balaban J connectivity index is 2.52. The number of hydrogen-bond acceptors (Lipinski definition) is 7. The maximum atomic E-state index is 12.0. The van der Waals surface area contributed by atoms with Gasteiger partial charge < -0.3 is 9.47 Å². The van der Waals surface area contributed by atoms with Crippen molar-refractivity contribution in [3.05, 3.63) is 40.3 Å². The van der Waals surface area contributed by atoms with Crippen LogP contribution in [0.25, 0.3) is 11.3 Å². The molecule has 0 amide bonds. The second-order valence-electron chi connectivity index (χ2n) is 4.28. The highest BCUT2D eigenvalue weighted by atomic mass is 79.9. The van der Waals surface area contributed by atoms with Gasteiger partial charge >= 0.3 is 11.9 Å². The van der Waals surface area contributed by atoms with Gasteiger partial charge in [-0.25, -0.2) is 14.6 Å². The molecule has 0 radical (unpaired) electrons. The van der Waals surface area contributed by atoms with Crippen molar-refractivity contribution in [2.75, 3.05) is 13.2 Å². The minimum absolute atomic E-state index is 0.0535. The molecule has 1 aromatic carbocycles. The largest absolute Gasteiger partial charge is 0.461 e. The van der Waals surface area contributed by atoms with E-state index < -0.39 is 11.9 Å². The van der Waals surface area contributed by atoms with Crippen LogP contribution in [0.15, 0.2) is 28.7 Å². The van der Waals surface area contributed by atoms with Crippen LogP contribution in [-0.2, 0) is 9.47 Å². The summed E-state index contributed by atoms with van der Waals surface area (Å²) in [7, 11) is 0. The van der Waals surface area contributed by atoms with Gasteiger partial charge in [0.05, 0.1) is 13.2 Å². The molecule has 0 spiro atoms. The van der Waals surface area contributed by atoms with E-state index in [0.717, 1.165) is 4.47 Å². The summed E-state index contributed by atoms with van der Waals surface area (Å²) in [4.78, 5) is 27.9. The molecule has 1 heterocycles. The van der Waals surface area contributed by atoms with Crippen molar-refractivity contribution in [1.82, 2.24) is 15.2 Å². The zero-order valence-corrected chi connectivity index (χ0v) is 14.2. The van der Waals surface area contributed by atoms with Gasteiger partial charge in [-0.05, 0) is 26.0 Å². The summed E-state index contributed by atoms with van der Waals surface area (Å²) in [5, 5.41) is 7.46. The van der Waals surface area contributed by atoms with Gasteiger partial charge in [-0.2, -0.15) is 0 Å². The van der Waals surface area contributed by atoms with Crippen LogP contribution in [-0.4, -0.2) is 40.3 Å². The Kier molecular flexibility index (Phi) is 5.75. The molecule has 0 aliphatic carbocycles. The molecule has 8 heteroatoms. The number of rotatable bonds is 5. The van der Waals surface area contributed by atoms with E-state index in [9.17, 15) is 9.59 Å². The van der Waals surface area contributed by atoms with Crippen LogP contribution in [0.2, 0.25) is 0 Å². The van der Waals surface area contributed by atoms with Gasteiger partial charge in [0.25, 0.3) is 5.82 Å². The first-order valence-electron chi connectivity index (χ1n) is 6.91. The zero-order chi connectivity index (χ0) is 16.8. The van der Waals surface area contributed by atoms with Gasteiger partial charge in [-0.3, -0.25) is 0 Å². The van der Waals surface area contributed by atoms with E-state index in [0.29, 0.717) is 5.56 Å². The fourth-order valence-corrected chi connectivity index (χ4v) is 2.02. The van der Waals surface area contributed by atoms with E-state index in [4.69, 9.17) is 9.47 Å². The van der Waals surface area contributed by atoms with Crippen molar-refractivity contribution in [3.63, 3.8) is 0 Å². The third-order valence-corrected chi connectivity index (χ3v) is 3.26. The molecule has 120 valence electrons. The average molecular weight is 380 g/mol. The number of nitrogens with zero attached hydrogens (tertiary/aromatic N) is 3. The number of carbonyl (C=O) groups is 2. The summed E-state index contributed by atoms with van der Waals surface area (Å²) in [5.74, 6) is -1.56. The molecule has 0 saturated carbocycles. The number of ether oxygens (including phenoxy) is 2. The molecule has 2 rings (SSSR count). The van der Waals surface area contributed by atoms with Gasteiger partial charge in [-0.1, -0.05) is 28.1 Å². The van der Waals surface area contributed by atoms with Crippen molar-refractivity contribution in [3.8, 4) is 11.3 Å². The first-order valence-corrected chi connectivity index (χ1v) is 7.71. The summed E-state index contributed by atoms with van der Waals surface area (Å²) in [6.45, 7) is 3.74. The average Bonchev–Trinajstić information content (AvgIpc) is 2.55. The van der Waals surface area contributed by atoms with Gasteiger partial charge in [0, 0.05) is 10.0 Å². The molecule has 7 nitrogen and oxygen atoms in total. The Hall–Kier alpha value is -2.35. The number of benzene rings is 1. The lowest BCUT2D eigenvalue weighted by atomic mass is 10.1. The smallest absolute Gasteiger partial charge is 0.378 e. The Morgan fingerprint density at radius 3 is 2.22 bits per heavy atom. The minimum atomic E-state index is -0.700. The molecular formula is C15H14BrN3O4. The molecular weight excluding hydrogens is 366 g/mol. The van der Waals surface area contributed by atoms with Crippen molar-refractivity contribution in [1.29, 1.82) is 0 Å². The Labute approximate surface area is 141 Å². The van der Waals surface area contributed by atoms with Gasteiger partial charge in [0.15, 0.2) is 5.69 Å². The number of esters is 2. The van der Waals surface area contributed by atoms with E-state index in [1.807, 2.05) is 0 Å². The highest BCUT2D eigenvalue weighted by Crippen LogP contribution is 2.23. The van der Waals surface area contributed by atoms with E-state index >= 15 is 0 Å². The van der Waals surface area contributed by atoms with Crippen molar-refractivity contribution < 1.29 is 19.1 Å². The van der Waals surface area contributed by atoms with Crippen molar-refractivity contribution >= 4 is 27.9 Å². The molecule has 23 heavy (non-hydrogen) atoms. The van der Waals surface area contributed by atoms with Gasteiger partial charge in [0.1, 0.15) is 5.69 Å². The topological polar surface area (TPSA) is 91.3 Å².